The van der Waals surface area contributed by atoms with Gasteiger partial charge < -0.3 is 0 Å². The van der Waals surface area contributed by atoms with Gasteiger partial charge >= 0.3 is 0 Å². The van der Waals surface area contributed by atoms with Crippen molar-refractivity contribution in [2.24, 2.45) is 17.8 Å². The zero-order chi connectivity index (χ0) is 30.2. The minimum atomic E-state index is 0.417. The lowest BCUT2D eigenvalue weighted by molar-refractivity contribution is 0.588. The Hall–Kier alpha value is -4.68. The van der Waals surface area contributed by atoms with Gasteiger partial charge in [-0.25, -0.2) is 0 Å². The van der Waals surface area contributed by atoms with Gasteiger partial charge in [0.2, 0.25) is 0 Å². The molecule has 0 heterocycles. The monoisotopic (exact) mass is 590 g/mol. The summed E-state index contributed by atoms with van der Waals surface area (Å²) >= 11 is 0. The highest BCUT2D eigenvalue weighted by atomic mass is 14.4. The Morgan fingerprint density at radius 3 is 1.76 bits per heavy atom. The standard InChI is InChI=1S/C46H38/c1-3-7-39-29(5-1)17-23-43-41(39)21-19-31-9-11-37(27-45(31)43)35-15-13-34-26-36(16-14-33(34)25-35)38-12-10-32-20-22-42-40-8-4-2-6-30(40)18-24-44(42)46(32)28-38/h3-4,7-9,11,13-28,41-44H,1-2,5-6,10,12H2. The molecule has 0 saturated carbocycles. The SMILES string of the molecule is C1=CC2=C(C=CC3C4=C(C=CC23)CCC(c2ccc3cc(-c5ccc6c(c5)C5C=CC7=C(C=CCC7)C5C=C6)ccc3c2)=C4)CC1. The Morgan fingerprint density at radius 2 is 1.00 bits per heavy atom. The summed E-state index contributed by atoms with van der Waals surface area (Å²) in [6, 6.07) is 21.3. The van der Waals surface area contributed by atoms with E-state index in [0.717, 1.165) is 12.8 Å². The fraction of sp³-hybridized carbons (Fsp3) is 0.217. The van der Waals surface area contributed by atoms with E-state index in [1.54, 1.807) is 11.1 Å². The van der Waals surface area contributed by atoms with Gasteiger partial charge in [0.15, 0.2) is 0 Å². The Kier molecular flexibility index (Phi) is 6.01. The molecule has 7 aliphatic carbocycles. The van der Waals surface area contributed by atoms with E-state index in [1.807, 2.05) is 0 Å². The van der Waals surface area contributed by atoms with Gasteiger partial charge in [-0.1, -0.05) is 115 Å². The third kappa shape index (κ3) is 4.19. The first-order chi connectivity index (χ1) is 22.8. The van der Waals surface area contributed by atoms with Crippen LogP contribution in [0.2, 0.25) is 0 Å². The smallest absolute Gasteiger partial charge is 0.0131 e. The Balaban J connectivity index is 0.947. The van der Waals surface area contributed by atoms with Crippen LogP contribution >= 0.6 is 0 Å². The van der Waals surface area contributed by atoms with E-state index in [4.69, 9.17) is 0 Å². The van der Waals surface area contributed by atoms with Gasteiger partial charge in [-0.2, -0.15) is 0 Å². The van der Waals surface area contributed by atoms with E-state index in [1.165, 1.54) is 92.1 Å². The van der Waals surface area contributed by atoms with Crippen molar-refractivity contribution in [2.45, 2.75) is 44.4 Å². The summed E-state index contributed by atoms with van der Waals surface area (Å²) in [5.74, 6) is 1.82. The van der Waals surface area contributed by atoms with E-state index >= 15 is 0 Å². The van der Waals surface area contributed by atoms with E-state index in [2.05, 4.69) is 134 Å². The molecule has 0 N–H and O–H groups in total. The lowest BCUT2D eigenvalue weighted by Gasteiger charge is -2.36. The fourth-order valence-electron chi connectivity index (χ4n) is 9.25. The number of hydrogen-bond acceptors (Lipinski definition) is 0. The number of allylic oxidation sites excluding steroid dienone is 19. The number of fused-ring (bicyclic) bond motifs is 8. The summed E-state index contributed by atoms with van der Waals surface area (Å²) < 4.78 is 0. The highest BCUT2D eigenvalue weighted by molar-refractivity contribution is 5.91. The van der Waals surface area contributed by atoms with Crippen LogP contribution in [-0.2, 0) is 0 Å². The van der Waals surface area contributed by atoms with Crippen LogP contribution in [0.5, 0.6) is 0 Å². The van der Waals surface area contributed by atoms with Gasteiger partial charge in [-0.15, -0.1) is 0 Å². The van der Waals surface area contributed by atoms with Crippen LogP contribution in [0, 0.1) is 17.8 Å². The zero-order valence-corrected chi connectivity index (χ0v) is 26.3. The van der Waals surface area contributed by atoms with Gasteiger partial charge in [0.25, 0.3) is 0 Å². The van der Waals surface area contributed by atoms with Crippen LogP contribution in [0.15, 0.2) is 161 Å². The average molecular weight is 591 g/mol. The van der Waals surface area contributed by atoms with Crippen molar-refractivity contribution in [1.29, 1.82) is 0 Å². The predicted octanol–water partition coefficient (Wildman–Crippen LogP) is 11.9. The Morgan fingerprint density at radius 1 is 0.435 bits per heavy atom. The van der Waals surface area contributed by atoms with Crippen molar-refractivity contribution in [3.8, 4) is 11.1 Å². The molecule has 10 rings (SSSR count). The van der Waals surface area contributed by atoms with Crippen molar-refractivity contribution in [3.05, 3.63) is 178 Å². The molecule has 3 aromatic rings. The quantitative estimate of drug-likeness (QED) is 0.278. The van der Waals surface area contributed by atoms with Crippen molar-refractivity contribution >= 4 is 22.4 Å². The molecule has 0 radical (unpaired) electrons. The average Bonchev–Trinajstić information content (AvgIpc) is 3.13. The topological polar surface area (TPSA) is 0 Å². The molecule has 7 aliphatic rings. The maximum absolute atomic E-state index is 2.54. The second-order valence-electron chi connectivity index (χ2n) is 14.2. The van der Waals surface area contributed by atoms with Crippen molar-refractivity contribution in [2.75, 3.05) is 0 Å². The van der Waals surface area contributed by atoms with Crippen LogP contribution in [0.1, 0.15) is 61.1 Å². The summed E-state index contributed by atoms with van der Waals surface area (Å²) in [5.41, 5.74) is 17.5. The maximum atomic E-state index is 2.54. The molecule has 46 heavy (non-hydrogen) atoms. The summed E-state index contributed by atoms with van der Waals surface area (Å²) in [6.45, 7) is 0. The Labute approximate surface area is 272 Å². The summed E-state index contributed by atoms with van der Waals surface area (Å²) in [6.07, 6.45) is 38.4. The van der Waals surface area contributed by atoms with E-state index in [-0.39, 0.29) is 0 Å². The van der Waals surface area contributed by atoms with Gasteiger partial charge in [0.05, 0.1) is 0 Å². The summed E-state index contributed by atoms with van der Waals surface area (Å²) in [4.78, 5) is 0. The van der Waals surface area contributed by atoms with Gasteiger partial charge in [-0.05, 0) is 134 Å². The lowest BCUT2D eigenvalue weighted by atomic mass is 9.68. The number of hydrogen-bond donors (Lipinski definition) is 0. The molecular formula is C46H38. The lowest BCUT2D eigenvalue weighted by Crippen LogP contribution is -2.24. The third-order valence-corrected chi connectivity index (χ3v) is 11.7. The fourth-order valence-corrected chi connectivity index (χ4v) is 9.25. The maximum Gasteiger partial charge on any atom is 0.0131 e. The van der Waals surface area contributed by atoms with Crippen molar-refractivity contribution < 1.29 is 0 Å². The molecule has 0 fully saturated rings. The molecule has 0 nitrogen and oxygen atoms in total. The van der Waals surface area contributed by atoms with Crippen LogP contribution in [0.4, 0.5) is 0 Å². The van der Waals surface area contributed by atoms with Gasteiger partial charge in [0, 0.05) is 23.7 Å². The first-order valence-corrected chi connectivity index (χ1v) is 17.4. The second-order valence-corrected chi connectivity index (χ2v) is 14.2. The minimum Gasteiger partial charge on any atom is -0.0839 e. The largest absolute Gasteiger partial charge is 0.0839 e. The molecule has 0 heteroatoms. The highest BCUT2D eigenvalue weighted by Crippen LogP contribution is 2.48. The van der Waals surface area contributed by atoms with Crippen LogP contribution in [-0.4, -0.2) is 0 Å². The highest BCUT2D eigenvalue weighted by Gasteiger charge is 2.33. The second kappa shape index (κ2) is 10.4. The first kappa shape index (κ1) is 26.5. The molecule has 0 spiro atoms. The molecule has 0 saturated heterocycles. The first-order valence-electron chi connectivity index (χ1n) is 17.4. The molecule has 222 valence electrons. The minimum absolute atomic E-state index is 0.417. The Bertz CT molecular complexity index is 2160. The summed E-state index contributed by atoms with van der Waals surface area (Å²) in [5, 5.41) is 2.63. The van der Waals surface area contributed by atoms with Crippen molar-refractivity contribution in [1.82, 2.24) is 0 Å². The molecule has 3 aromatic carbocycles. The van der Waals surface area contributed by atoms with Crippen LogP contribution in [0.25, 0.3) is 33.5 Å². The van der Waals surface area contributed by atoms with Crippen LogP contribution < -0.4 is 0 Å². The third-order valence-electron chi connectivity index (χ3n) is 11.7. The molecule has 0 amide bonds. The summed E-state index contributed by atoms with van der Waals surface area (Å²) in [7, 11) is 0. The molecule has 4 unspecified atom stereocenters. The van der Waals surface area contributed by atoms with Crippen LogP contribution in [0.3, 0.4) is 0 Å². The van der Waals surface area contributed by atoms with E-state index < -0.39 is 0 Å². The molecular weight excluding hydrogens is 553 g/mol. The van der Waals surface area contributed by atoms with E-state index in [9.17, 15) is 0 Å². The molecule has 0 bridgehead atoms. The van der Waals surface area contributed by atoms with E-state index in [0.29, 0.717) is 23.7 Å². The molecule has 0 aliphatic heterocycles. The molecule has 4 atom stereocenters. The molecule has 0 aromatic heterocycles. The zero-order valence-electron chi connectivity index (χ0n) is 26.3. The predicted molar refractivity (Wildman–Crippen MR) is 194 cm³/mol. The van der Waals surface area contributed by atoms with Gasteiger partial charge in [-0.3, -0.25) is 0 Å². The van der Waals surface area contributed by atoms with Gasteiger partial charge in [0.1, 0.15) is 0 Å². The van der Waals surface area contributed by atoms with Crippen molar-refractivity contribution in [3.63, 3.8) is 0 Å². The number of rotatable bonds is 2. The number of benzene rings is 3. The normalized spacial score (nSPS) is 26.8.